The molecule has 0 bridgehead atoms. The summed E-state index contributed by atoms with van der Waals surface area (Å²) >= 11 is 6.20. The Bertz CT molecular complexity index is 130. The molecule has 0 spiro atoms. The smallest absolute Gasteiger partial charge is 0.161 e. The maximum absolute atomic E-state index is 6.20. The van der Waals surface area contributed by atoms with E-state index in [9.17, 15) is 0 Å². The Kier molecular flexibility index (Phi) is 4.40. The lowest BCUT2D eigenvalue weighted by atomic mass is 10.7. The van der Waals surface area contributed by atoms with E-state index in [1.54, 1.807) is 0 Å². The summed E-state index contributed by atoms with van der Waals surface area (Å²) in [4.78, 5) is 0. The fourth-order valence-electron chi connectivity index (χ4n) is 0.730. The molecule has 0 radical (unpaired) electrons. The maximum atomic E-state index is 6.20. The highest BCUT2D eigenvalue weighted by molar-refractivity contribution is 7.23. The van der Waals surface area contributed by atoms with Crippen molar-refractivity contribution in [3.8, 4) is 0 Å². The first kappa shape index (κ1) is 9.73. The van der Waals surface area contributed by atoms with Gasteiger partial charge in [0.1, 0.15) is 0 Å². The van der Waals surface area contributed by atoms with Gasteiger partial charge in [0.25, 0.3) is 0 Å². The van der Waals surface area contributed by atoms with Crippen LogP contribution >= 0.6 is 11.1 Å². The summed E-state index contributed by atoms with van der Waals surface area (Å²) in [6.45, 7) is 11.0. The van der Waals surface area contributed by atoms with Gasteiger partial charge in [-0.3, -0.25) is 0 Å². The molecule has 0 atom stereocenters. The SMILES string of the molecule is C=CC[Si](Cl)(C=C)CC=C. The van der Waals surface area contributed by atoms with Crippen molar-refractivity contribution in [1.29, 1.82) is 0 Å². The van der Waals surface area contributed by atoms with Crippen LogP contribution in [-0.2, 0) is 0 Å². The molecule has 0 heterocycles. The van der Waals surface area contributed by atoms with Crippen LogP contribution in [0.4, 0.5) is 0 Å². The van der Waals surface area contributed by atoms with E-state index in [2.05, 4.69) is 19.7 Å². The highest BCUT2D eigenvalue weighted by Crippen LogP contribution is 2.22. The van der Waals surface area contributed by atoms with Crippen molar-refractivity contribution in [2.45, 2.75) is 12.1 Å². The van der Waals surface area contributed by atoms with Crippen molar-refractivity contribution in [1.82, 2.24) is 0 Å². The molecular weight excluding hydrogens is 160 g/mol. The monoisotopic (exact) mass is 172 g/mol. The lowest BCUT2D eigenvalue weighted by molar-refractivity contribution is 1.53. The molecule has 10 heavy (non-hydrogen) atoms. The number of hydrogen-bond acceptors (Lipinski definition) is 0. The van der Waals surface area contributed by atoms with Crippen molar-refractivity contribution >= 4 is 18.5 Å². The Hall–Kier alpha value is -0.273. The van der Waals surface area contributed by atoms with Crippen LogP contribution in [0.2, 0.25) is 12.1 Å². The summed E-state index contributed by atoms with van der Waals surface area (Å²) in [6, 6.07) is 1.76. The second kappa shape index (κ2) is 4.53. The molecule has 0 amide bonds. The second-order valence-corrected chi connectivity index (χ2v) is 7.78. The molecule has 2 heteroatoms. The van der Waals surface area contributed by atoms with E-state index in [4.69, 9.17) is 11.1 Å². The molecule has 56 valence electrons. The molecule has 0 N–H and O–H groups in total. The quantitative estimate of drug-likeness (QED) is 0.339. The highest BCUT2D eigenvalue weighted by Gasteiger charge is 2.22. The predicted octanol–water partition coefficient (Wildman–Crippen LogP) is 3.27. The third kappa shape index (κ3) is 3.04. The van der Waals surface area contributed by atoms with Crippen LogP contribution in [0.3, 0.4) is 0 Å². The molecule has 0 aromatic carbocycles. The average Bonchev–Trinajstić information content (AvgIpc) is 1.89. The molecule has 0 saturated heterocycles. The van der Waals surface area contributed by atoms with Crippen molar-refractivity contribution in [3.63, 3.8) is 0 Å². The molecule has 0 rings (SSSR count). The van der Waals surface area contributed by atoms with Gasteiger partial charge in [-0.05, 0) is 12.1 Å². The third-order valence-electron chi connectivity index (χ3n) is 1.33. The van der Waals surface area contributed by atoms with Gasteiger partial charge in [0.05, 0.1) is 0 Å². The lowest BCUT2D eigenvalue weighted by Gasteiger charge is -2.14. The van der Waals surface area contributed by atoms with Gasteiger partial charge in [0, 0.05) is 0 Å². The van der Waals surface area contributed by atoms with Gasteiger partial charge in [-0.15, -0.1) is 19.7 Å². The predicted molar refractivity (Wildman–Crippen MR) is 51.8 cm³/mol. The van der Waals surface area contributed by atoms with Crippen LogP contribution in [0.5, 0.6) is 0 Å². The Morgan fingerprint density at radius 2 is 1.50 bits per heavy atom. The topological polar surface area (TPSA) is 0 Å². The largest absolute Gasteiger partial charge is 0.186 e. The van der Waals surface area contributed by atoms with E-state index in [0.29, 0.717) is 0 Å². The van der Waals surface area contributed by atoms with Gasteiger partial charge in [0.2, 0.25) is 0 Å². The molecule has 0 nitrogen and oxygen atoms in total. The fourth-order valence-corrected chi connectivity index (χ4v) is 2.84. The van der Waals surface area contributed by atoms with E-state index < -0.39 is 7.38 Å². The summed E-state index contributed by atoms with van der Waals surface area (Å²) in [5.41, 5.74) is 1.87. The average molecular weight is 173 g/mol. The van der Waals surface area contributed by atoms with Crippen molar-refractivity contribution in [3.05, 3.63) is 37.6 Å². The summed E-state index contributed by atoms with van der Waals surface area (Å²) in [5.74, 6) is 0. The summed E-state index contributed by atoms with van der Waals surface area (Å²) in [7, 11) is -1.72. The molecule has 0 aliphatic heterocycles. The number of halogens is 1. The minimum atomic E-state index is -1.72. The number of hydrogen-bond donors (Lipinski definition) is 0. The van der Waals surface area contributed by atoms with Crippen LogP contribution in [0.1, 0.15) is 0 Å². The lowest BCUT2D eigenvalue weighted by Crippen LogP contribution is -2.21. The van der Waals surface area contributed by atoms with Gasteiger partial charge in [-0.2, -0.15) is 11.1 Å². The first-order valence-corrected chi connectivity index (χ1v) is 6.73. The molecule has 0 unspecified atom stereocenters. The van der Waals surface area contributed by atoms with Crippen LogP contribution in [0.25, 0.3) is 0 Å². The molecule has 0 aliphatic carbocycles. The van der Waals surface area contributed by atoms with Gasteiger partial charge < -0.3 is 0 Å². The zero-order chi connectivity index (χ0) is 8.04. The Balaban J connectivity index is 4.05. The molecule has 0 fully saturated rings. The summed E-state index contributed by atoms with van der Waals surface area (Å²) < 4.78 is 0. The van der Waals surface area contributed by atoms with Crippen molar-refractivity contribution < 1.29 is 0 Å². The normalized spacial score (nSPS) is 10.5. The van der Waals surface area contributed by atoms with Gasteiger partial charge in [0.15, 0.2) is 7.38 Å². The highest BCUT2D eigenvalue weighted by atomic mass is 35.6. The van der Waals surface area contributed by atoms with Crippen molar-refractivity contribution in [2.24, 2.45) is 0 Å². The first-order valence-electron chi connectivity index (χ1n) is 3.23. The standard InChI is InChI=1S/C8H13ClSi/c1-4-7-10(9,6-3)8-5-2/h4-6H,1-3,7-8H2. The van der Waals surface area contributed by atoms with Gasteiger partial charge >= 0.3 is 0 Å². The summed E-state index contributed by atoms with van der Waals surface area (Å²) in [6.07, 6.45) is 3.70. The van der Waals surface area contributed by atoms with E-state index >= 15 is 0 Å². The van der Waals surface area contributed by atoms with Crippen LogP contribution < -0.4 is 0 Å². The van der Waals surface area contributed by atoms with E-state index in [0.717, 1.165) is 12.1 Å². The minimum Gasteiger partial charge on any atom is -0.161 e. The van der Waals surface area contributed by atoms with Crippen LogP contribution in [-0.4, -0.2) is 7.38 Å². The number of allylic oxidation sites excluding steroid dienone is 2. The second-order valence-electron chi connectivity index (χ2n) is 2.22. The molecule has 0 aliphatic rings. The number of rotatable bonds is 5. The Morgan fingerprint density at radius 3 is 1.70 bits per heavy atom. The Labute approximate surface area is 68.6 Å². The van der Waals surface area contributed by atoms with Crippen LogP contribution in [0.15, 0.2) is 37.6 Å². The van der Waals surface area contributed by atoms with E-state index in [-0.39, 0.29) is 0 Å². The van der Waals surface area contributed by atoms with E-state index in [1.807, 2.05) is 17.9 Å². The fraction of sp³-hybridized carbons (Fsp3) is 0.250. The summed E-state index contributed by atoms with van der Waals surface area (Å²) in [5, 5.41) is 0. The first-order chi connectivity index (χ1) is 4.68. The van der Waals surface area contributed by atoms with Crippen LogP contribution in [0, 0.1) is 0 Å². The minimum absolute atomic E-state index is 0.879. The van der Waals surface area contributed by atoms with Crippen molar-refractivity contribution in [2.75, 3.05) is 0 Å². The third-order valence-corrected chi connectivity index (χ3v) is 5.39. The molecule has 0 aromatic heterocycles. The zero-order valence-electron chi connectivity index (χ0n) is 6.15. The molecule has 0 saturated carbocycles. The van der Waals surface area contributed by atoms with Gasteiger partial charge in [-0.25, -0.2) is 0 Å². The van der Waals surface area contributed by atoms with Gasteiger partial charge in [-0.1, -0.05) is 17.9 Å². The van der Waals surface area contributed by atoms with E-state index in [1.165, 1.54) is 0 Å². The molecular formula is C8H13ClSi. The maximum Gasteiger partial charge on any atom is 0.186 e. The zero-order valence-corrected chi connectivity index (χ0v) is 7.90. The molecule has 0 aromatic rings. The Morgan fingerprint density at radius 1 is 1.10 bits per heavy atom.